The molecule has 0 unspecified atom stereocenters. The number of ether oxygens (including phenoxy) is 1. The molecular weight excluding hydrogens is 356 g/mol. The number of rotatable bonds is 6. The molecule has 5 nitrogen and oxygen atoms in total. The molecule has 0 radical (unpaired) electrons. The van der Waals surface area contributed by atoms with Crippen LogP contribution >= 0.6 is 11.3 Å². The molecule has 0 aliphatic heterocycles. The Morgan fingerprint density at radius 3 is 2.40 bits per heavy atom. The van der Waals surface area contributed by atoms with Gasteiger partial charge in [0, 0.05) is 18.0 Å². The molecule has 0 amide bonds. The summed E-state index contributed by atoms with van der Waals surface area (Å²) in [4.78, 5) is 4.58. The fourth-order valence-corrected chi connectivity index (χ4v) is 3.42. The lowest BCUT2D eigenvalue weighted by Gasteiger charge is -2.16. The van der Waals surface area contributed by atoms with E-state index >= 15 is 0 Å². The Labute approximate surface area is 151 Å². The quantitative estimate of drug-likeness (QED) is 0.659. The summed E-state index contributed by atoms with van der Waals surface area (Å²) in [5, 5.41) is 2.86. The van der Waals surface area contributed by atoms with Crippen molar-refractivity contribution in [2.45, 2.75) is 6.61 Å². The highest BCUT2D eigenvalue weighted by molar-refractivity contribution is 7.92. The molecule has 0 bridgehead atoms. The highest BCUT2D eigenvalue weighted by atomic mass is 32.2. The predicted octanol–water partition coefficient (Wildman–Crippen LogP) is 3.78. The Morgan fingerprint density at radius 1 is 1.08 bits per heavy atom. The Kier molecular flexibility index (Phi) is 5.06. The zero-order chi connectivity index (χ0) is 17.9. The minimum Gasteiger partial charge on any atom is -0.486 e. The van der Waals surface area contributed by atoms with Crippen LogP contribution in [-0.4, -0.2) is 26.7 Å². The minimum atomic E-state index is -3.26. The van der Waals surface area contributed by atoms with E-state index in [2.05, 4.69) is 4.98 Å². The number of hydrogen-bond donors (Lipinski definition) is 0. The highest BCUT2D eigenvalue weighted by Gasteiger charge is 2.12. The molecule has 0 saturated heterocycles. The lowest BCUT2D eigenvalue weighted by molar-refractivity contribution is 0.305. The lowest BCUT2D eigenvalue weighted by atomic mass is 10.1. The molecule has 0 saturated carbocycles. The summed E-state index contributed by atoms with van der Waals surface area (Å²) in [5.74, 6) is 0.812. The molecule has 130 valence electrons. The second-order valence-electron chi connectivity index (χ2n) is 5.51. The molecule has 0 aliphatic carbocycles. The largest absolute Gasteiger partial charge is 0.486 e. The van der Waals surface area contributed by atoms with E-state index in [0.29, 0.717) is 12.3 Å². The van der Waals surface area contributed by atoms with E-state index in [9.17, 15) is 8.42 Å². The number of thiazole rings is 1. The van der Waals surface area contributed by atoms with Crippen molar-refractivity contribution < 1.29 is 13.2 Å². The summed E-state index contributed by atoms with van der Waals surface area (Å²) in [5.41, 5.74) is 2.41. The molecule has 1 aromatic heterocycles. The van der Waals surface area contributed by atoms with Crippen molar-refractivity contribution in [3.63, 3.8) is 0 Å². The topological polar surface area (TPSA) is 59.5 Å². The third-order valence-electron chi connectivity index (χ3n) is 3.68. The Hall–Kier alpha value is -2.38. The first-order valence-electron chi connectivity index (χ1n) is 7.60. The number of aromatic nitrogens is 1. The van der Waals surface area contributed by atoms with Crippen LogP contribution in [0, 0.1) is 0 Å². The van der Waals surface area contributed by atoms with Gasteiger partial charge in [0.1, 0.15) is 17.4 Å². The van der Waals surface area contributed by atoms with Crippen LogP contribution in [0.1, 0.15) is 5.01 Å². The summed E-state index contributed by atoms with van der Waals surface area (Å²) in [6.07, 6.45) is 1.18. The van der Waals surface area contributed by atoms with Gasteiger partial charge in [-0.2, -0.15) is 0 Å². The van der Waals surface area contributed by atoms with Crippen molar-refractivity contribution in [3.05, 3.63) is 65.0 Å². The van der Waals surface area contributed by atoms with E-state index in [4.69, 9.17) is 4.74 Å². The van der Waals surface area contributed by atoms with Gasteiger partial charge in [-0.3, -0.25) is 4.31 Å². The second kappa shape index (κ2) is 7.25. The van der Waals surface area contributed by atoms with Crippen molar-refractivity contribution in [2.75, 3.05) is 17.6 Å². The third-order valence-corrected chi connectivity index (χ3v) is 5.71. The van der Waals surface area contributed by atoms with Crippen LogP contribution in [-0.2, 0) is 16.6 Å². The smallest absolute Gasteiger partial charge is 0.231 e. The normalized spacial score (nSPS) is 11.3. The number of benzene rings is 2. The second-order valence-corrected chi connectivity index (χ2v) is 8.46. The fourth-order valence-electron chi connectivity index (χ4n) is 2.21. The standard InChI is InChI=1S/C18H18N2O3S2/c1-20(25(2,21)22)15-10-8-14(9-11-15)17-13-24-18(19-17)12-23-16-6-4-3-5-7-16/h3-11,13H,12H2,1-2H3. The molecule has 0 aliphatic rings. The number of hydrogen-bond acceptors (Lipinski definition) is 5. The summed E-state index contributed by atoms with van der Waals surface area (Å²) >= 11 is 1.54. The maximum absolute atomic E-state index is 11.6. The molecule has 25 heavy (non-hydrogen) atoms. The van der Waals surface area contributed by atoms with Crippen LogP contribution in [0.2, 0.25) is 0 Å². The average molecular weight is 374 g/mol. The van der Waals surface area contributed by atoms with Gasteiger partial charge < -0.3 is 4.74 Å². The van der Waals surface area contributed by atoms with Crippen molar-refractivity contribution in [3.8, 4) is 17.0 Å². The molecule has 3 rings (SSSR count). The van der Waals surface area contributed by atoms with Gasteiger partial charge >= 0.3 is 0 Å². The fraction of sp³-hybridized carbons (Fsp3) is 0.167. The van der Waals surface area contributed by atoms with E-state index in [0.717, 1.165) is 22.0 Å². The first kappa shape index (κ1) is 17.4. The van der Waals surface area contributed by atoms with Crippen LogP contribution in [0.3, 0.4) is 0 Å². The van der Waals surface area contributed by atoms with Gasteiger partial charge in [-0.15, -0.1) is 11.3 Å². The Bertz CT molecular complexity index is 936. The van der Waals surface area contributed by atoms with Crippen molar-refractivity contribution >= 4 is 27.0 Å². The molecule has 0 N–H and O–H groups in total. The van der Waals surface area contributed by atoms with E-state index < -0.39 is 10.0 Å². The van der Waals surface area contributed by atoms with Crippen LogP contribution in [0.5, 0.6) is 5.75 Å². The summed E-state index contributed by atoms with van der Waals surface area (Å²) in [6.45, 7) is 0.420. The summed E-state index contributed by atoms with van der Waals surface area (Å²) in [7, 11) is -1.73. The molecule has 0 spiro atoms. The van der Waals surface area contributed by atoms with Crippen LogP contribution in [0.15, 0.2) is 60.0 Å². The molecule has 0 fully saturated rings. The lowest BCUT2D eigenvalue weighted by Crippen LogP contribution is -2.24. The minimum absolute atomic E-state index is 0.420. The highest BCUT2D eigenvalue weighted by Crippen LogP contribution is 2.25. The van der Waals surface area contributed by atoms with Crippen molar-refractivity contribution in [1.29, 1.82) is 0 Å². The third kappa shape index (κ3) is 4.37. The first-order valence-corrected chi connectivity index (χ1v) is 10.3. The SMILES string of the molecule is CN(c1ccc(-c2csc(COc3ccccc3)n2)cc1)S(C)(=O)=O. The van der Waals surface area contributed by atoms with Gasteiger partial charge in [-0.1, -0.05) is 30.3 Å². The zero-order valence-corrected chi connectivity index (χ0v) is 15.5. The molecular formula is C18H18N2O3S2. The Morgan fingerprint density at radius 2 is 1.76 bits per heavy atom. The van der Waals surface area contributed by atoms with Crippen molar-refractivity contribution in [2.24, 2.45) is 0 Å². The monoisotopic (exact) mass is 374 g/mol. The number of anilines is 1. The van der Waals surface area contributed by atoms with Crippen LogP contribution < -0.4 is 9.04 Å². The summed E-state index contributed by atoms with van der Waals surface area (Å²) < 4.78 is 30.1. The average Bonchev–Trinajstić information content (AvgIpc) is 3.08. The molecule has 0 atom stereocenters. The molecule has 3 aromatic rings. The maximum atomic E-state index is 11.6. The molecule has 2 aromatic carbocycles. The van der Waals surface area contributed by atoms with Gasteiger partial charge in [0.2, 0.25) is 10.0 Å². The Balaban J connectivity index is 1.70. The van der Waals surface area contributed by atoms with Crippen LogP contribution in [0.25, 0.3) is 11.3 Å². The number of para-hydroxylation sites is 1. The molecule has 1 heterocycles. The number of nitrogens with zero attached hydrogens (tertiary/aromatic N) is 2. The van der Waals surface area contributed by atoms with E-state index in [-0.39, 0.29) is 0 Å². The summed E-state index contributed by atoms with van der Waals surface area (Å²) in [6, 6.07) is 16.9. The van der Waals surface area contributed by atoms with Gasteiger partial charge in [-0.25, -0.2) is 13.4 Å². The van der Waals surface area contributed by atoms with E-state index in [1.807, 2.05) is 47.8 Å². The van der Waals surface area contributed by atoms with E-state index in [1.165, 1.54) is 28.9 Å². The van der Waals surface area contributed by atoms with E-state index in [1.54, 1.807) is 12.1 Å². The van der Waals surface area contributed by atoms with Gasteiger partial charge in [0.05, 0.1) is 17.6 Å². The molecule has 7 heteroatoms. The van der Waals surface area contributed by atoms with Gasteiger partial charge in [-0.05, 0) is 24.3 Å². The van der Waals surface area contributed by atoms with Crippen LogP contribution in [0.4, 0.5) is 5.69 Å². The zero-order valence-electron chi connectivity index (χ0n) is 13.9. The first-order chi connectivity index (χ1) is 11.9. The van der Waals surface area contributed by atoms with Gasteiger partial charge in [0.15, 0.2) is 0 Å². The number of sulfonamides is 1. The van der Waals surface area contributed by atoms with Crippen molar-refractivity contribution in [1.82, 2.24) is 4.98 Å². The van der Waals surface area contributed by atoms with Gasteiger partial charge in [0.25, 0.3) is 0 Å². The maximum Gasteiger partial charge on any atom is 0.231 e. The predicted molar refractivity (Wildman–Crippen MR) is 102 cm³/mol.